The van der Waals surface area contributed by atoms with Gasteiger partial charge in [-0.2, -0.15) is 11.8 Å². The summed E-state index contributed by atoms with van der Waals surface area (Å²) in [6.45, 7) is 1.17. The lowest BCUT2D eigenvalue weighted by molar-refractivity contribution is -0.122. The van der Waals surface area contributed by atoms with Crippen molar-refractivity contribution >= 4 is 59.2 Å². The summed E-state index contributed by atoms with van der Waals surface area (Å²) in [5.74, 6) is 0.174. The predicted octanol–water partition coefficient (Wildman–Crippen LogP) is 2.60. The lowest BCUT2D eigenvalue weighted by atomic mass is 10.1. The van der Waals surface area contributed by atoms with Crippen LogP contribution in [-0.4, -0.2) is 50.0 Å². The highest BCUT2D eigenvalue weighted by molar-refractivity contribution is 7.98. The molecule has 0 aliphatic carbocycles. The molecule has 0 aromatic heterocycles. The van der Waals surface area contributed by atoms with Gasteiger partial charge in [-0.05, 0) is 43.7 Å². The molecule has 24 heavy (non-hydrogen) atoms. The molecule has 1 unspecified atom stereocenters. The third-order valence-electron chi connectivity index (χ3n) is 3.08. The smallest absolute Gasteiger partial charge is 0.253 e. The van der Waals surface area contributed by atoms with Crippen molar-refractivity contribution in [1.82, 2.24) is 16.0 Å². The maximum absolute atomic E-state index is 12.3. The first-order valence-corrected chi connectivity index (χ1v) is 9.31. The minimum Gasteiger partial charge on any atom is -0.353 e. The molecular formula is C15H22Cl3N3O2S. The summed E-state index contributed by atoms with van der Waals surface area (Å²) in [4.78, 5) is 24.6. The molecule has 1 aromatic carbocycles. The number of carbonyl (C=O) groups is 2. The Bertz CT molecular complexity index is 547. The van der Waals surface area contributed by atoms with E-state index in [0.717, 1.165) is 5.75 Å². The molecule has 5 nitrogen and oxygen atoms in total. The van der Waals surface area contributed by atoms with Gasteiger partial charge in [0, 0.05) is 18.1 Å². The standard InChI is InChI=1S/C15H21Cl2N3O2S.ClH/c1-18-6-7-19-15(22)13(5-8-23-2)20-14(21)11-4-3-10(16)9-12(11)17;/h3-4,9,13,18H,5-8H2,1-2H3,(H,19,22)(H,20,21);1H. The quantitative estimate of drug-likeness (QED) is 0.543. The SMILES string of the molecule is CNCCNC(=O)C(CCSC)NC(=O)c1ccc(Cl)cc1Cl.Cl. The molecule has 9 heteroatoms. The zero-order chi connectivity index (χ0) is 17.2. The fraction of sp³-hybridized carbons (Fsp3) is 0.467. The Balaban J connectivity index is 0.00000529. The van der Waals surface area contributed by atoms with E-state index >= 15 is 0 Å². The van der Waals surface area contributed by atoms with Crippen LogP contribution in [0.5, 0.6) is 0 Å². The fourth-order valence-electron chi connectivity index (χ4n) is 1.85. The van der Waals surface area contributed by atoms with E-state index in [1.165, 1.54) is 6.07 Å². The predicted molar refractivity (Wildman–Crippen MR) is 105 cm³/mol. The Labute approximate surface area is 163 Å². The second-order valence-corrected chi connectivity index (χ2v) is 6.66. The highest BCUT2D eigenvalue weighted by atomic mass is 35.5. The molecule has 1 aromatic rings. The first kappa shape index (κ1) is 23.3. The number of hydrogen-bond acceptors (Lipinski definition) is 4. The molecule has 136 valence electrons. The van der Waals surface area contributed by atoms with Crippen molar-refractivity contribution in [1.29, 1.82) is 0 Å². The van der Waals surface area contributed by atoms with E-state index in [-0.39, 0.29) is 29.2 Å². The molecule has 0 saturated heterocycles. The fourth-order valence-corrected chi connectivity index (χ4v) is 2.81. The topological polar surface area (TPSA) is 70.2 Å². The van der Waals surface area contributed by atoms with Crippen molar-refractivity contribution in [3.05, 3.63) is 33.8 Å². The maximum Gasteiger partial charge on any atom is 0.253 e. The van der Waals surface area contributed by atoms with Crippen molar-refractivity contribution in [2.45, 2.75) is 12.5 Å². The van der Waals surface area contributed by atoms with Crippen LogP contribution in [0.15, 0.2) is 18.2 Å². The summed E-state index contributed by atoms with van der Waals surface area (Å²) in [6, 6.07) is 4.04. The Morgan fingerprint density at radius 1 is 1.25 bits per heavy atom. The first-order chi connectivity index (χ1) is 11.0. The minimum atomic E-state index is -0.599. The minimum absolute atomic E-state index is 0. The zero-order valence-corrected chi connectivity index (χ0v) is 16.7. The normalized spacial score (nSPS) is 11.3. The summed E-state index contributed by atoms with van der Waals surface area (Å²) in [5.41, 5.74) is 0.299. The van der Waals surface area contributed by atoms with Crippen LogP contribution in [0.3, 0.4) is 0 Å². The van der Waals surface area contributed by atoms with Gasteiger partial charge in [0.2, 0.25) is 5.91 Å². The van der Waals surface area contributed by atoms with E-state index < -0.39 is 6.04 Å². The van der Waals surface area contributed by atoms with Crippen LogP contribution >= 0.6 is 47.4 Å². The molecule has 0 radical (unpaired) electrons. The van der Waals surface area contributed by atoms with E-state index in [0.29, 0.717) is 30.1 Å². The monoisotopic (exact) mass is 413 g/mol. The molecule has 0 aliphatic rings. The highest BCUT2D eigenvalue weighted by Crippen LogP contribution is 2.21. The third-order valence-corrected chi connectivity index (χ3v) is 4.27. The molecule has 0 fully saturated rings. The van der Waals surface area contributed by atoms with Gasteiger partial charge < -0.3 is 16.0 Å². The van der Waals surface area contributed by atoms with E-state index in [4.69, 9.17) is 23.2 Å². The number of nitrogens with one attached hydrogen (secondary N) is 3. The van der Waals surface area contributed by atoms with Gasteiger partial charge in [0.15, 0.2) is 0 Å². The second kappa shape index (κ2) is 12.7. The van der Waals surface area contributed by atoms with Gasteiger partial charge in [-0.1, -0.05) is 23.2 Å². The zero-order valence-electron chi connectivity index (χ0n) is 13.5. The van der Waals surface area contributed by atoms with Crippen LogP contribution < -0.4 is 16.0 Å². The number of thioether (sulfide) groups is 1. The van der Waals surface area contributed by atoms with Gasteiger partial charge >= 0.3 is 0 Å². The van der Waals surface area contributed by atoms with Crippen LogP contribution in [0.1, 0.15) is 16.8 Å². The largest absolute Gasteiger partial charge is 0.353 e. The van der Waals surface area contributed by atoms with E-state index in [1.807, 2.05) is 13.3 Å². The van der Waals surface area contributed by atoms with E-state index in [2.05, 4.69) is 16.0 Å². The van der Waals surface area contributed by atoms with Gasteiger partial charge in [0.25, 0.3) is 5.91 Å². The maximum atomic E-state index is 12.3. The lowest BCUT2D eigenvalue weighted by Crippen LogP contribution is -2.48. The number of benzene rings is 1. The van der Waals surface area contributed by atoms with Crippen LogP contribution in [0.25, 0.3) is 0 Å². The summed E-state index contributed by atoms with van der Waals surface area (Å²) in [5, 5.41) is 9.20. The van der Waals surface area contributed by atoms with Gasteiger partial charge in [0.1, 0.15) is 6.04 Å². The number of halogens is 3. The van der Waals surface area contributed by atoms with Gasteiger partial charge in [0.05, 0.1) is 10.6 Å². The molecule has 3 N–H and O–H groups in total. The van der Waals surface area contributed by atoms with Crippen molar-refractivity contribution in [3.63, 3.8) is 0 Å². The first-order valence-electron chi connectivity index (χ1n) is 7.16. The molecule has 1 rings (SSSR count). The van der Waals surface area contributed by atoms with Crippen molar-refractivity contribution in [2.75, 3.05) is 32.1 Å². The molecular weight excluding hydrogens is 393 g/mol. The van der Waals surface area contributed by atoms with Crippen LogP contribution in [0, 0.1) is 0 Å². The van der Waals surface area contributed by atoms with E-state index in [9.17, 15) is 9.59 Å². The number of amides is 2. The van der Waals surface area contributed by atoms with Gasteiger partial charge in [-0.25, -0.2) is 0 Å². The van der Waals surface area contributed by atoms with Gasteiger partial charge in [-0.15, -0.1) is 12.4 Å². The number of hydrogen-bond donors (Lipinski definition) is 3. The number of likely N-dealkylation sites (N-methyl/N-ethyl adjacent to an activating group) is 1. The molecule has 1 atom stereocenters. The average molecular weight is 415 g/mol. The van der Waals surface area contributed by atoms with Crippen molar-refractivity contribution in [3.8, 4) is 0 Å². The number of rotatable bonds is 9. The number of carbonyl (C=O) groups excluding carboxylic acids is 2. The summed E-state index contributed by atoms with van der Waals surface area (Å²) in [7, 11) is 1.81. The molecule has 0 saturated carbocycles. The molecule has 0 bridgehead atoms. The highest BCUT2D eigenvalue weighted by Gasteiger charge is 2.21. The molecule has 2 amide bonds. The Hall–Kier alpha value is -0.660. The van der Waals surface area contributed by atoms with Crippen molar-refractivity contribution < 1.29 is 9.59 Å². The van der Waals surface area contributed by atoms with Crippen molar-refractivity contribution in [2.24, 2.45) is 0 Å². The third kappa shape index (κ3) is 7.94. The lowest BCUT2D eigenvalue weighted by Gasteiger charge is -2.18. The average Bonchev–Trinajstić information content (AvgIpc) is 2.51. The Kier molecular flexibility index (Phi) is 12.3. The summed E-state index contributed by atoms with van der Waals surface area (Å²) in [6.07, 6.45) is 2.50. The molecule has 0 heterocycles. The Morgan fingerprint density at radius 2 is 1.96 bits per heavy atom. The molecule has 0 aliphatic heterocycles. The van der Waals surface area contributed by atoms with E-state index in [1.54, 1.807) is 23.9 Å². The Morgan fingerprint density at radius 3 is 2.54 bits per heavy atom. The van der Waals surface area contributed by atoms with Crippen LogP contribution in [-0.2, 0) is 4.79 Å². The summed E-state index contributed by atoms with van der Waals surface area (Å²) < 4.78 is 0. The second-order valence-electron chi connectivity index (χ2n) is 4.83. The van der Waals surface area contributed by atoms with Gasteiger partial charge in [-0.3, -0.25) is 9.59 Å². The van der Waals surface area contributed by atoms with Crippen LogP contribution in [0.2, 0.25) is 10.0 Å². The summed E-state index contributed by atoms with van der Waals surface area (Å²) >= 11 is 13.5. The van der Waals surface area contributed by atoms with Crippen LogP contribution in [0.4, 0.5) is 0 Å². The molecule has 0 spiro atoms.